The van der Waals surface area contributed by atoms with Crippen LogP contribution in [0.4, 0.5) is 0 Å². The zero-order valence-electron chi connectivity index (χ0n) is 15.6. The van der Waals surface area contributed by atoms with Gasteiger partial charge < -0.3 is 9.47 Å². The molecule has 2 aromatic heterocycles. The van der Waals surface area contributed by atoms with Gasteiger partial charge in [-0.3, -0.25) is 14.5 Å². The van der Waals surface area contributed by atoms with Crippen molar-refractivity contribution >= 4 is 5.91 Å². The molecule has 0 radical (unpaired) electrons. The summed E-state index contributed by atoms with van der Waals surface area (Å²) in [5.74, 6) is 1.41. The zero-order valence-corrected chi connectivity index (χ0v) is 15.6. The van der Waals surface area contributed by atoms with Gasteiger partial charge in [0, 0.05) is 70.7 Å². The summed E-state index contributed by atoms with van der Waals surface area (Å²) in [6.45, 7) is 9.16. The first-order valence-corrected chi connectivity index (χ1v) is 9.02. The van der Waals surface area contributed by atoms with Gasteiger partial charge in [0.1, 0.15) is 11.5 Å². The minimum Gasteiger partial charge on any atom is -0.335 e. The van der Waals surface area contributed by atoms with Crippen LogP contribution in [0.15, 0.2) is 29.3 Å². The highest BCUT2D eigenvalue weighted by molar-refractivity contribution is 5.92. The van der Waals surface area contributed by atoms with Crippen molar-refractivity contribution in [2.24, 2.45) is 7.05 Å². The van der Waals surface area contributed by atoms with E-state index in [1.807, 2.05) is 12.4 Å². The number of nitrogens with zero attached hydrogens (tertiary/aromatic N) is 6. The van der Waals surface area contributed by atoms with E-state index >= 15 is 0 Å². The molecular weight excluding hydrogens is 332 g/mol. The van der Waals surface area contributed by atoms with Gasteiger partial charge in [-0.2, -0.15) is 5.10 Å². The van der Waals surface area contributed by atoms with Crippen molar-refractivity contribution in [1.82, 2.24) is 29.1 Å². The number of carbonyl (C=O) groups excluding carboxylic acids is 1. The molecule has 2 aromatic rings. The third kappa shape index (κ3) is 4.01. The maximum Gasteiger partial charge on any atom is 0.274 e. The fraction of sp³-hybridized carbons (Fsp3) is 0.556. The molecule has 1 amide bonds. The van der Waals surface area contributed by atoms with Crippen LogP contribution in [0, 0.1) is 0 Å². The normalized spacial score (nSPS) is 15.6. The number of amides is 1. The largest absolute Gasteiger partial charge is 0.335 e. The highest BCUT2D eigenvalue weighted by atomic mass is 16.2. The van der Waals surface area contributed by atoms with Crippen LogP contribution in [0.2, 0.25) is 0 Å². The van der Waals surface area contributed by atoms with Crippen LogP contribution in [-0.2, 0) is 13.6 Å². The second-order valence-corrected chi connectivity index (χ2v) is 6.95. The average molecular weight is 358 g/mol. The van der Waals surface area contributed by atoms with E-state index in [1.165, 1.54) is 16.8 Å². The maximum absolute atomic E-state index is 12.6. The van der Waals surface area contributed by atoms with Gasteiger partial charge in [-0.25, -0.2) is 9.67 Å². The Balaban J connectivity index is 1.52. The maximum atomic E-state index is 12.6. The van der Waals surface area contributed by atoms with Gasteiger partial charge in [0.15, 0.2) is 0 Å². The van der Waals surface area contributed by atoms with Gasteiger partial charge in [0.2, 0.25) is 0 Å². The molecule has 0 bridgehead atoms. The molecule has 0 N–H and O–H groups in total. The van der Waals surface area contributed by atoms with Crippen molar-refractivity contribution in [3.63, 3.8) is 0 Å². The second-order valence-electron chi connectivity index (χ2n) is 6.95. The van der Waals surface area contributed by atoms with Crippen molar-refractivity contribution in [1.29, 1.82) is 0 Å². The first-order chi connectivity index (χ1) is 12.5. The van der Waals surface area contributed by atoms with E-state index in [0.29, 0.717) is 24.7 Å². The van der Waals surface area contributed by atoms with Crippen LogP contribution < -0.4 is 5.56 Å². The van der Waals surface area contributed by atoms with E-state index in [1.54, 1.807) is 11.9 Å². The lowest BCUT2D eigenvalue weighted by Gasteiger charge is -2.34. The van der Waals surface area contributed by atoms with Crippen LogP contribution >= 0.6 is 0 Å². The molecule has 0 spiro atoms. The van der Waals surface area contributed by atoms with Crippen molar-refractivity contribution in [2.75, 3.05) is 32.7 Å². The van der Waals surface area contributed by atoms with Gasteiger partial charge >= 0.3 is 0 Å². The average Bonchev–Trinajstić information content (AvgIpc) is 3.11. The Bertz CT molecular complexity index is 817. The Morgan fingerprint density at radius 1 is 1.15 bits per heavy atom. The Morgan fingerprint density at radius 2 is 1.88 bits per heavy atom. The third-order valence-corrected chi connectivity index (χ3v) is 4.76. The number of imidazole rings is 1. The molecule has 26 heavy (non-hydrogen) atoms. The summed E-state index contributed by atoms with van der Waals surface area (Å²) in [6.07, 6.45) is 3.88. The Hall–Kier alpha value is -2.48. The summed E-state index contributed by atoms with van der Waals surface area (Å²) >= 11 is 0. The van der Waals surface area contributed by atoms with Gasteiger partial charge in [-0.15, -0.1) is 0 Å². The first kappa shape index (κ1) is 18.3. The molecule has 8 nitrogen and oxygen atoms in total. The molecule has 140 valence electrons. The molecule has 1 saturated heterocycles. The highest BCUT2D eigenvalue weighted by Gasteiger charge is 2.23. The minimum atomic E-state index is -0.216. The van der Waals surface area contributed by atoms with Crippen molar-refractivity contribution in [3.05, 3.63) is 46.4 Å². The lowest BCUT2D eigenvalue weighted by Crippen LogP contribution is -2.49. The Kier molecular flexibility index (Phi) is 5.51. The van der Waals surface area contributed by atoms with Crippen LogP contribution in [0.3, 0.4) is 0 Å². The van der Waals surface area contributed by atoms with Gasteiger partial charge in [-0.05, 0) is 6.07 Å². The summed E-state index contributed by atoms with van der Waals surface area (Å²) in [5.41, 5.74) is 0.104. The molecule has 8 heteroatoms. The van der Waals surface area contributed by atoms with E-state index in [9.17, 15) is 9.59 Å². The van der Waals surface area contributed by atoms with E-state index in [4.69, 9.17) is 0 Å². The van der Waals surface area contributed by atoms with Crippen LogP contribution in [0.1, 0.15) is 36.1 Å². The summed E-state index contributed by atoms with van der Waals surface area (Å²) in [7, 11) is 1.55. The summed E-state index contributed by atoms with van der Waals surface area (Å²) in [4.78, 5) is 32.6. The summed E-state index contributed by atoms with van der Waals surface area (Å²) < 4.78 is 3.40. The number of aromatic nitrogens is 4. The fourth-order valence-electron chi connectivity index (χ4n) is 3.21. The molecule has 0 saturated carbocycles. The fourth-order valence-corrected chi connectivity index (χ4v) is 3.21. The first-order valence-electron chi connectivity index (χ1n) is 9.02. The number of piperazine rings is 1. The smallest absolute Gasteiger partial charge is 0.274 e. The summed E-state index contributed by atoms with van der Waals surface area (Å²) in [5, 5.41) is 4.05. The standard InChI is InChI=1S/C18H26N6O2/c1-14(2)17-19-6-7-23(17)11-8-22-9-12-24(13-10-22)18(26)15-4-5-16(25)21(3)20-15/h4-7,14H,8-13H2,1-3H3. The summed E-state index contributed by atoms with van der Waals surface area (Å²) in [6, 6.07) is 2.89. The van der Waals surface area contributed by atoms with Gasteiger partial charge in [0.05, 0.1) is 0 Å². The monoisotopic (exact) mass is 358 g/mol. The van der Waals surface area contributed by atoms with Crippen molar-refractivity contribution in [2.45, 2.75) is 26.3 Å². The number of hydrogen-bond donors (Lipinski definition) is 0. The lowest BCUT2D eigenvalue weighted by atomic mass is 10.2. The molecule has 1 aliphatic heterocycles. The number of carbonyl (C=O) groups is 1. The van der Waals surface area contributed by atoms with Crippen LogP contribution in [-0.4, -0.2) is 67.8 Å². The highest BCUT2D eigenvalue weighted by Crippen LogP contribution is 2.12. The van der Waals surface area contributed by atoms with Gasteiger partial charge in [-0.1, -0.05) is 13.8 Å². The number of rotatable bonds is 5. The lowest BCUT2D eigenvalue weighted by molar-refractivity contribution is 0.0624. The second kappa shape index (κ2) is 7.82. The van der Waals surface area contributed by atoms with Crippen molar-refractivity contribution < 1.29 is 4.79 Å². The van der Waals surface area contributed by atoms with Gasteiger partial charge in [0.25, 0.3) is 11.5 Å². The molecule has 0 unspecified atom stereocenters. The number of hydrogen-bond acceptors (Lipinski definition) is 5. The topological polar surface area (TPSA) is 76.3 Å². The molecule has 0 aliphatic carbocycles. The Labute approximate surface area is 153 Å². The predicted octanol–water partition coefficient (Wildman–Crippen LogP) is 0.558. The zero-order chi connectivity index (χ0) is 18.7. The third-order valence-electron chi connectivity index (χ3n) is 4.76. The molecule has 3 heterocycles. The van der Waals surface area contributed by atoms with E-state index in [2.05, 4.69) is 33.4 Å². The van der Waals surface area contributed by atoms with E-state index in [0.717, 1.165) is 32.0 Å². The molecule has 0 atom stereocenters. The molecule has 1 fully saturated rings. The quantitative estimate of drug-likeness (QED) is 0.781. The Morgan fingerprint density at radius 3 is 2.54 bits per heavy atom. The van der Waals surface area contributed by atoms with E-state index < -0.39 is 0 Å². The van der Waals surface area contributed by atoms with Crippen LogP contribution in [0.5, 0.6) is 0 Å². The molecule has 0 aromatic carbocycles. The minimum absolute atomic E-state index is 0.114. The molecular formula is C18H26N6O2. The van der Waals surface area contributed by atoms with E-state index in [-0.39, 0.29) is 11.5 Å². The predicted molar refractivity (Wildman–Crippen MR) is 98.1 cm³/mol. The SMILES string of the molecule is CC(C)c1nccn1CCN1CCN(C(=O)c2ccc(=O)n(C)n2)CC1. The number of aryl methyl sites for hydroxylation is 1. The molecule has 1 aliphatic rings. The van der Waals surface area contributed by atoms with Crippen molar-refractivity contribution in [3.8, 4) is 0 Å². The van der Waals surface area contributed by atoms with Crippen LogP contribution in [0.25, 0.3) is 0 Å². The molecule has 3 rings (SSSR count).